The van der Waals surface area contributed by atoms with E-state index < -0.39 is 0 Å². The van der Waals surface area contributed by atoms with E-state index in [-0.39, 0.29) is 5.91 Å². The molecule has 0 radical (unpaired) electrons. The Bertz CT molecular complexity index is 1330. The van der Waals surface area contributed by atoms with Crippen molar-refractivity contribution < 1.29 is 4.79 Å². The number of hydrogen-bond acceptors (Lipinski definition) is 2. The number of nitrogens with zero attached hydrogens (tertiary/aromatic N) is 1. The van der Waals surface area contributed by atoms with E-state index >= 15 is 0 Å². The van der Waals surface area contributed by atoms with Crippen LogP contribution in [0.2, 0.25) is 10.0 Å². The summed E-state index contributed by atoms with van der Waals surface area (Å²) in [7, 11) is 0. The number of hydrogen-bond donors (Lipinski definition) is 1. The van der Waals surface area contributed by atoms with E-state index in [9.17, 15) is 4.79 Å². The normalized spacial score (nSPS) is 11.0. The largest absolute Gasteiger partial charge is 0.321 e. The van der Waals surface area contributed by atoms with E-state index in [1.807, 2.05) is 45.9 Å². The van der Waals surface area contributed by atoms with E-state index in [4.69, 9.17) is 28.2 Å². The second-order valence-electron chi connectivity index (χ2n) is 7.88. The number of carbonyl (C=O) groups is 1. The van der Waals surface area contributed by atoms with Gasteiger partial charge in [-0.05, 0) is 63.1 Å². The molecular weight excluding hydrogens is 427 g/mol. The van der Waals surface area contributed by atoms with Crippen LogP contribution in [0.3, 0.4) is 0 Å². The quantitative estimate of drug-likeness (QED) is 0.348. The Morgan fingerprint density at radius 1 is 0.871 bits per heavy atom. The second kappa shape index (κ2) is 8.33. The number of pyridine rings is 1. The topological polar surface area (TPSA) is 42.0 Å². The van der Waals surface area contributed by atoms with Crippen molar-refractivity contribution in [2.24, 2.45) is 0 Å². The zero-order valence-electron chi connectivity index (χ0n) is 17.8. The first-order chi connectivity index (χ1) is 14.7. The van der Waals surface area contributed by atoms with E-state index in [1.54, 1.807) is 18.2 Å². The first-order valence-corrected chi connectivity index (χ1v) is 10.7. The van der Waals surface area contributed by atoms with Crippen LogP contribution in [-0.4, -0.2) is 10.9 Å². The van der Waals surface area contributed by atoms with Crippen LogP contribution in [0.5, 0.6) is 0 Å². The Morgan fingerprint density at radius 3 is 2.26 bits per heavy atom. The zero-order chi connectivity index (χ0) is 22.3. The van der Waals surface area contributed by atoms with Gasteiger partial charge < -0.3 is 5.32 Å². The fourth-order valence-electron chi connectivity index (χ4n) is 3.88. The van der Waals surface area contributed by atoms with E-state index in [0.29, 0.717) is 21.3 Å². The van der Waals surface area contributed by atoms with Gasteiger partial charge in [-0.15, -0.1) is 0 Å². The van der Waals surface area contributed by atoms with Gasteiger partial charge in [0.1, 0.15) is 0 Å². The summed E-state index contributed by atoms with van der Waals surface area (Å²) in [6.45, 7) is 8.03. The minimum absolute atomic E-state index is 0.229. The molecule has 0 aliphatic rings. The summed E-state index contributed by atoms with van der Waals surface area (Å²) in [6.07, 6.45) is 0. The lowest BCUT2D eigenvalue weighted by Crippen LogP contribution is -2.16. The zero-order valence-corrected chi connectivity index (χ0v) is 19.3. The number of amides is 1. The highest BCUT2D eigenvalue weighted by Gasteiger charge is 2.21. The Balaban J connectivity index is 1.94. The molecule has 3 nitrogen and oxygen atoms in total. The number of aromatic nitrogens is 1. The molecule has 1 heterocycles. The number of anilines is 1. The van der Waals surface area contributed by atoms with Crippen LogP contribution in [0.4, 0.5) is 5.69 Å². The molecule has 0 atom stereocenters. The Labute approximate surface area is 192 Å². The molecule has 3 aromatic carbocycles. The maximum absolute atomic E-state index is 13.5. The molecule has 5 heteroatoms. The maximum Gasteiger partial charge on any atom is 0.256 e. The summed E-state index contributed by atoms with van der Waals surface area (Å²) in [4.78, 5) is 18.5. The number of benzene rings is 3. The van der Waals surface area contributed by atoms with Crippen LogP contribution < -0.4 is 5.32 Å². The highest BCUT2D eigenvalue weighted by molar-refractivity contribution is 6.37. The first-order valence-electron chi connectivity index (χ1n) is 9.99. The van der Waals surface area contributed by atoms with Crippen molar-refractivity contribution in [1.82, 2.24) is 4.98 Å². The average Bonchev–Trinajstić information content (AvgIpc) is 2.70. The number of nitrogens with one attached hydrogen (secondary N) is 1. The van der Waals surface area contributed by atoms with Crippen LogP contribution >= 0.6 is 23.2 Å². The summed E-state index contributed by atoms with van der Waals surface area (Å²) in [5.41, 5.74) is 7.80. The average molecular weight is 449 g/mol. The fraction of sp³-hybridized carbons (Fsp3) is 0.154. The summed E-state index contributed by atoms with van der Waals surface area (Å²) in [5.74, 6) is -0.229. The lowest BCUT2D eigenvalue weighted by atomic mass is 9.94. The minimum Gasteiger partial charge on any atom is -0.321 e. The second-order valence-corrected chi connectivity index (χ2v) is 8.73. The Hall–Kier alpha value is -2.88. The van der Waals surface area contributed by atoms with Gasteiger partial charge >= 0.3 is 0 Å². The molecule has 31 heavy (non-hydrogen) atoms. The van der Waals surface area contributed by atoms with Gasteiger partial charge in [0.15, 0.2) is 0 Å². The van der Waals surface area contributed by atoms with Crippen molar-refractivity contribution in [1.29, 1.82) is 0 Å². The standard InChI is InChI=1S/C26H22Cl2N2O/c1-14-5-7-18(8-6-14)25-17(4)23(20-12-15(2)11-16(3)24(20)30-25)26(31)29-22-10-9-19(27)13-21(22)28/h5-13H,1-4H3,(H,29,31). The molecule has 0 unspecified atom stereocenters. The minimum atomic E-state index is -0.229. The van der Waals surface area contributed by atoms with Gasteiger partial charge in [0, 0.05) is 16.0 Å². The molecule has 156 valence electrons. The van der Waals surface area contributed by atoms with Gasteiger partial charge in [-0.2, -0.15) is 0 Å². The predicted molar refractivity (Wildman–Crippen MR) is 131 cm³/mol. The van der Waals surface area contributed by atoms with Crippen LogP contribution in [0.25, 0.3) is 22.2 Å². The summed E-state index contributed by atoms with van der Waals surface area (Å²) >= 11 is 12.3. The third-order valence-electron chi connectivity index (χ3n) is 5.40. The van der Waals surface area contributed by atoms with E-state index in [2.05, 4.69) is 23.5 Å². The molecule has 1 N–H and O–H groups in total. The molecule has 0 aliphatic heterocycles. The van der Waals surface area contributed by atoms with Gasteiger partial charge in [0.2, 0.25) is 0 Å². The summed E-state index contributed by atoms with van der Waals surface area (Å²) in [5, 5.41) is 4.69. The van der Waals surface area contributed by atoms with Gasteiger partial charge in [-0.3, -0.25) is 4.79 Å². The summed E-state index contributed by atoms with van der Waals surface area (Å²) in [6, 6.07) is 17.3. The van der Waals surface area contributed by atoms with E-state index in [1.165, 1.54) is 5.56 Å². The Morgan fingerprint density at radius 2 is 1.58 bits per heavy atom. The van der Waals surface area contributed by atoms with Crippen LogP contribution in [0.1, 0.15) is 32.6 Å². The molecular formula is C26H22Cl2N2O. The number of aryl methyl sites for hydroxylation is 3. The lowest BCUT2D eigenvalue weighted by Gasteiger charge is -2.17. The molecule has 0 saturated heterocycles. The van der Waals surface area contributed by atoms with Crippen LogP contribution in [0.15, 0.2) is 54.6 Å². The Kier molecular flexibility index (Phi) is 5.74. The first kappa shape index (κ1) is 21.4. The molecule has 4 rings (SSSR count). The van der Waals surface area contributed by atoms with Gasteiger partial charge in [-0.1, -0.05) is 64.7 Å². The number of rotatable bonds is 3. The molecule has 4 aromatic rings. The van der Waals surface area contributed by atoms with Crippen molar-refractivity contribution in [3.63, 3.8) is 0 Å². The van der Waals surface area contributed by atoms with Crippen molar-refractivity contribution in [2.45, 2.75) is 27.7 Å². The monoisotopic (exact) mass is 448 g/mol. The van der Waals surface area contributed by atoms with Crippen LogP contribution in [0, 0.1) is 27.7 Å². The third kappa shape index (κ3) is 4.16. The van der Waals surface area contributed by atoms with Crippen molar-refractivity contribution in [2.75, 3.05) is 5.32 Å². The smallest absolute Gasteiger partial charge is 0.256 e. The predicted octanol–water partition coefficient (Wildman–Crippen LogP) is 7.69. The summed E-state index contributed by atoms with van der Waals surface area (Å²) < 4.78 is 0. The molecule has 0 fully saturated rings. The van der Waals surface area contributed by atoms with Gasteiger partial charge in [-0.25, -0.2) is 4.98 Å². The van der Waals surface area contributed by atoms with Crippen molar-refractivity contribution in [3.8, 4) is 11.3 Å². The fourth-order valence-corrected chi connectivity index (χ4v) is 4.33. The van der Waals surface area contributed by atoms with Crippen molar-refractivity contribution in [3.05, 3.63) is 92.5 Å². The molecule has 1 amide bonds. The maximum atomic E-state index is 13.5. The van der Waals surface area contributed by atoms with Gasteiger partial charge in [0.05, 0.1) is 27.5 Å². The van der Waals surface area contributed by atoms with Crippen molar-refractivity contribution >= 4 is 45.7 Å². The van der Waals surface area contributed by atoms with E-state index in [0.717, 1.165) is 38.9 Å². The SMILES string of the molecule is Cc1ccc(-c2nc3c(C)cc(C)cc3c(C(=O)Nc3ccc(Cl)cc3Cl)c2C)cc1. The highest BCUT2D eigenvalue weighted by atomic mass is 35.5. The third-order valence-corrected chi connectivity index (χ3v) is 5.95. The molecule has 1 aromatic heterocycles. The highest BCUT2D eigenvalue weighted by Crippen LogP contribution is 2.33. The van der Waals surface area contributed by atoms with Gasteiger partial charge in [0.25, 0.3) is 5.91 Å². The molecule has 0 saturated carbocycles. The number of carbonyl (C=O) groups excluding carboxylic acids is 1. The molecule has 0 bridgehead atoms. The van der Waals surface area contributed by atoms with Crippen LogP contribution in [-0.2, 0) is 0 Å². The lowest BCUT2D eigenvalue weighted by molar-refractivity contribution is 0.102. The number of halogens is 2. The molecule has 0 aliphatic carbocycles. The number of fused-ring (bicyclic) bond motifs is 1. The molecule has 0 spiro atoms.